The highest BCUT2D eigenvalue weighted by atomic mass is 32.2. The minimum atomic E-state index is -3.89. The van der Waals surface area contributed by atoms with E-state index in [-0.39, 0.29) is 29.2 Å². The maximum absolute atomic E-state index is 13.0. The van der Waals surface area contributed by atoms with Gasteiger partial charge in [-0.1, -0.05) is 36.4 Å². The van der Waals surface area contributed by atoms with Gasteiger partial charge < -0.3 is 9.80 Å². The predicted molar refractivity (Wildman–Crippen MR) is 139 cm³/mol. The van der Waals surface area contributed by atoms with Crippen molar-refractivity contribution in [1.82, 2.24) is 25.2 Å². The first-order valence-electron chi connectivity index (χ1n) is 11.1. The third kappa shape index (κ3) is 6.11. The Balaban J connectivity index is 1.50. The number of sulfone groups is 1. The highest BCUT2D eigenvalue weighted by Gasteiger charge is 2.22. The van der Waals surface area contributed by atoms with Crippen LogP contribution in [0.3, 0.4) is 0 Å². The summed E-state index contributed by atoms with van der Waals surface area (Å²) in [7, 11) is -0.547. The highest BCUT2D eigenvalue weighted by Crippen LogP contribution is 2.22. The molecule has 0 aliphatic rings. The summed E-state index contributed by atoms with van der Waals surface area (Å²) in [4.78, 5) is 28.4. The first kappa shape index (κ1) is 25.4. The number of carbonyl (C=O) groups is 1. The predicted octanol–water partition coefficient (Wildman–Crippen LogP) is 3.07. The molecule has 1 N–H and O–H groups in total. The largest absolute Gasteiger partial charge is 0.347 e. The van der Waals surface area contributed by atoms with Gasteiger partial charge in [-0.05, 0) is 29.8 Å². The molecular formula is C25H26N6O3S2. The van der Waals surface area contributed by atoms with Gasteiger partial charge in [-0.15, -0.1) is 11.3 Å². The van der Waals surface area contributed by atoms with Gasteiger partial charge in [0.05, 0.1) is 13.2 Å². The van der Waals surface area contributed by atoms with Crippen LogP contribution in [0.5, 0.6) is 0 Å². The normalized spacial score (nSPS) is 11.3. The first-order valence-corrected chi connectivity index (χ1v) is 13.5. The molecule has 11 heteroatoms. The quantitative estimate of drug-likeness (QED) is 0.317. The number of rotatable bonds is 10. The SMILES string of the molecule is CN(C)C(=O)CN(CNCc1ccc(-c2nccs2)cc1)c1cccc(S(=O)(=O)c2ccccn2)n1. The number of carbonyl (C=O) groups excluding carboxylic acids is 1. The Kier molecular flexibility index (Phi) is 8.04. The number of nitrogens with one attached hydrogen (secondary N) is 1. The van der Waals surface area contributed by atoms with Crippen molar-refractivity contribution in [2.24, 2.45) is 0 Å². The third-order valence-corrected chi connectivity index (χ3v) is 7.70. The number of amides is 1. The average molecular weight is 523 g/mol. The second kappa shape index (κ2) is 11.4. The summed E-state index contributed by atoms with van der Waals surface area (Å²) in [5.74, 6) is 0.234. The van der Waals surface area contributed by atoms with Crippen molar-refractivity contribution in [3.63, 3.8) is 0 Å². The van der Waals surface area contributed by atoms with Crippen LogP contribution in [0.1, 0.15) is 5.56 Å². The number of hydrogen-bond acceptors (Lipinski definition) is 9. The second-order valence-corrected chi connectivity index (χ2v) is 10.8. The van der Waals surface area contributed by atoms with Crippen LogP contribution in [-0.2, 0) is 21.2 Å². The third-order valence-electron chi connectivity index (χ3n) is 5.31. The van der Waals surface area contributed by atoms with Crippen LogP contribution in [0, 0.1) is 0 Å². The number of hydrogen-bond donors (Lipinski definition) is 1. The van der Waals surface area contributed by atoms with Crippen molar-refractivity contribution in [3.05, 3.63) is 84.0 Å². The second-order valence-electron chi connectivity index (χ2n) is 8.11. The van der Waals surface area contributed by atoms with Crippen LogP contribution in [0.4, 0.5) is 5.82 Å². The van der Waals surface area contributed by atoms with Crippen LogP contribution < -0.4 is 10.2 Å². The Hall–Kier alpha value is -3.67. The van der Waals surface area contributed by atoms with Crippen LogP contribution in [0.2, 0.25) is 0 Å². The topological polar surface area (TPSA) is 108 Å². The van der Waals surface area contributed by atoms with Gasteiger partial charge >= 0.3 is 0 Å². The van der Waals surface area contributed by atoms with Crippen molar-refractivity contribution >= 4 is 32.9 Å². The molecule has 0 aliphatic carbocycles. The molecule has 0 atom stereocenters. The molecule has 0 saturated heterocycles. The lowest BCUT2D eigenvalue weighted by Gasteiger charge is -2.25. The zero-order chi connectivity index (χ0) is 25.5. The molecule has 186 valence electrons. The fraction of sp³-hybridized carbons (Fsp3) is 0.200. The summed E-state index contributed by atoms with van der Waals surface area (Å²) < 4.78 is 26.0. The lowest BCUT2D eigenvalue weighted by atomic mass is 10.1. The van der Waals surface area contributed by atoms with Gasteiger partial charge in [0, 0.05) is 44.0 Å². The summed E-state index contributed by atoms with van der Waals surface area (Å²) in [6.45, 7) is 0.869. The van der Waals surface area contributed by atoms with Gasteiger partial charge in [-0.25, -0.2) is 23.4 Å². The number of pyridine rings is 2. The van der Waals surface area contributed by atoms with Gasteiger partial charge in [-0.2, -0.15) is 0 Å². The maximum atomic E-state index is 13.0. The van der Waals surface area contributed by atoms with E-state index in [0.717, 1.165) is 16.1 Å². The van der Waals surface area contributed by atoms with E-state index in [9.17, 15) is 13.2 Å². The summed E-state index contributed by atoms with van der Waals surface area (Å²) in [5.41, 5.74) is 2.12. The molecule has 4 rings (SSSR count). The Morgan fingerprint density at radius 2 is 1.72 bits per heavy atom. The molecule has 0 bridgehead atoms. The lowest BCUT2D eigenvalue weighted by molar-refractivity contribution is -0.127. The first-order chi connectivity index (χ1) is 17.3. The van der Waals surface area contributed by atoms with E-state index in [1.165, 1.54) is 23.2 Å². The van der Waals surface area contributed by atoms with Crippen molar-refractivity contribution in [2.45, 2.75) is 16.6 Å². The summed E-state index contributed by atoms with van der Waals surface area (Å²) in [5, 5.41) is 6.03. The van der Waals surface area contributed by atoms with Crippen molar-refractivity contribution in [2.75, 3.05) is 32.2 Å². The van der Waals surface area contributed by atoms with E-state index in [2.05, 4.69) is 20.3 Å². The molecular weight excluding hydrogens is 496 g/mol. The van der Waals surface area contributed by atoms with Crippen molar-refractivity contribution < 1.29 is 13.2 Å². The number of likely N-dealkylation sites (N-methyl/N-ethyl adjacent to an activating group) is 1. The molecule has 4 aromatic rings. The Morgan fingerprint density at radius 3 is 2.39 bits per heavy atom. The zero-order valence-electron chi connectivity index (χ0n) is 19.9. The van der Waals surface area contributed by atoms with Crippen LogP contribution in [-0.4, -0.2) is 61.5 Å². The van der Waals surface area contributed by atoms with Gasteiger partial charge in [-0.3, -0.25) is 10.1 Å². The van der Waals surface area contributed by atoms with E-state index < -0.39 is 9.84 Å². The molecule has 0 fully saturated rings. The molecule has 0 radical (unpaired) electrons. The highest BCUT2D eigenvalue weighted by molar-refractivity contribution is 7.91. The molecule has 1 aromatic carbocycles. The molecule has 36 heavy (non-hydrogen) atoms. The van der Waals surface area contributed by atoms with Gasteiger partial charge in [0.15, 0.2) is 10.1 Å². The number of thiazole rings is 1. The summed E-state index contributed by atoms with van der Waals surface area (Å²) >= 11 is 1.59. The van der Waals surface area contributed by atoms with E-state index in [0.29, 0.717) is 12.4 Å². The van der Waals surface area contributed by atoms with Crippen LogP contribution in [0.15, 0.2) is 88.5 Å². The average Bonchev–Trinajstić information content (AvgIpc) is 3.44. The number of aromatic nitrogens is 3. The number of anilines is 1. The number of nitrogens with zero attached hydrogens (tertiary/aromatic N) is 5. The maximum Gasteiger partial charge on any atom is 0.241 e. The summed E-state index contributed by atoms with van der Waals surface area (Å²) in [6.07, 6.45) is 3.20. The zero-order valence-corrected chi connectivity index (χ0v) is 21.5. The van der Waals surface area contributed by atoms with Crippen LogP contribution in [0.25, 0.3) is 10.6 Å². The van der Waals surface area contributed by atoms with E-state index in [1.807, 2.05) is 29.6 Å². The molecule has 1 amide bonds. The van der Waals surface area contributed by atoms with E-state index in [1.54, 1.807) is 60.8 Å². The molecule has 0 spiro atoms. The van der Waals surface area contributed by atoms with Gasteiger partial charge in [0.2, 0.25) is 15.7 Å². The van der Waals surface area contributed by atoms with Crippen molar-refractivity contribution in [3.8, 4) is 10.6 Å². The van der Waals surface area contributed by atoms with E-state index in [4.69, 9.17) is 0 Å². The molecule has 0 aliphatic heterocycles. The van der Waals surface area contributed by atoms with Gasteiger partial charge in [0.25, 0.3) is 0 Å². The summed E-state index contributed by atoms with van der Waals surface area (Å²) in [6, 6.07) is 17.5. The molecule has 3 heterocycles. The van der Waals surface area contributed by atoms with Crippen molar-refractivity contribution in [1.29, 1.82) is 0 Å². The lowest BCUT2D eigenvalue weighted by Crippen LogP contribution is -2.42. The fourth-order valence-electron chi connectivity index (χ4n) is 3.33. The fourth-order valence-corrected chi connectivity index (χ4v) is 5.12. The molecule has 3 aromatic heterocycles. The van der Waals surface area contributed by atoms with Gasteiger partial charge in [0.1, 0.15) is 10.8 Å². The Labute approximate surface area is 214 Å². The minimum Gasteiger partial charge on any atom is -0.347 e. The molecule has 0 unspecified atom stereocenters. The Morgan fingerprint density at radius 1 is 0.944 bits per heavy atom. The van der Waals surface area contributed by atoms with Crippen LogP contribution >= 0.6 is 11.3 Å². The minimum absolute atomic E-state index is 0.0308. The smallest absolute Gasteiger partial charge is 0.241 e. The van der Waals surface area contributed by atoms with E-state index >= 15 is 0 Å². The monoisotopic (exact) mass is 522 g/mol. The molecule has 0 saturated carbocycles. The standard InChI is InChI=1S/C25H26N6O3S2/c1-30(2)24(32)17-31(18-26-16-19-9-11-20(12-10-19)25-28-14-15-35-25)21-6-5-8-23(29-21)36(33,34)22-7-3-4-13-27-22/h3-15,26H,16-18H2,1-2H3. The number of benzene rings is 1. The Bertz CT molecular complexity index is 1390. The molecule has 9 nitrogen and oxygen atoms in total.